The molecule has 17 heavy (non-hydrogen) atoms. The highest BCUT2D eigenvalue weighted by molar-refractivity contribution is 5.35. The highest BCUT2D eigenvalue weighted by Crippen LogP contribution is 2.08. The Kier molecular flexibility index (Phi) is 3.12. The third-order valence-corrected chi connectivity index (χ3v) is 2.52. The van der Waals surface area contributed by atoms with Crippen LogP contribution in [0.15, 0.2) is 12.5 Å². The van der Waals surface area contributed by atoms with Crippen LogP contribution in [-0.4, -0.2) is 24.5 Å². The molecule has 2 aromatic heterocycles. The van der Waals surface area contributed by atoms with Gasteiger partial charge in [0.2, 0.25) is 0 Å². The molecule has 0 unspecified atom stereocenters. The maximum absolute atomic E-state index is 5.71. The van der Waals surface area contributed by atoms with Gasteiger partial charge >= 0.3 is 0 Å². The van der Waals surface area contributed by atoms with E-state index in [4.69, 9.17) is 5.73 Å². The lowest BCUT2D eigenvalue weighted by Gasteiger charge is -2.08. The minimum Gasteiger partial charge on any atom is -0.382 e. The van der Waals surface area contributed by atoms with Crippen molar-refractivity contribution in [1.29, 1.82) is 0 Å². The van der Waals surface area contributed by atoms with Crippen LogP contribution in [-0.2, 0) is 13.1 Å². The average molecular weight is 234 g/mol. The van der Waals surface area contributed by atoms with E-state index in [0.29, 0.717) is 18.3 Å². The second kappa shape index (κ2) is 4.57. The van der Waals surface area contributed by atoms with Crippen LogP contribution in [0, 0.1) is 12.8 Å². The highest BCUT2D eigenvalue weighted by atomic mass is 15.4. The van der Waals surface area contributed by atoms with E-state index < -0.39 is 0 Å². The predicted octanol–water partition coefficient (Wildman–Crippen LogP) is 1.07. The van der Waals surface area contributed by atoms with Crippen molar-refractivity contribution in [2.45, 2.75) is 33.9 Å². The molecule has 0 amide bonds. The Bertz CT molecular complexity index is 476. The summed E-state index contributed by atoms with van der Waals surface area (Å²) in [5.41, 5.74) is 6.70. The predicted molar refractivity (Wildman–Crippen MR) is 65.3 cm³/mol. The number of hydrogen-bond acceptors (Lipinski definition) is 4. The van der Waals surface area contributed by atoms with E-state index in [1.54, 1.807) is 11.0 Å². The van der Waals surface area contributed by atoms with Crippen molar-refractivity contribution in [3.8, 4) is 0 Å². The second-order valence-corrected chi connectivity index (χ2v) is 4.65. The molecule has 0 fully saturated rings. The van der Waals surface area contributed by atoms with E-state index in [1.807, 2.05) is 17.8 Å². The van der Waals surface area contributed by atoms with Crippen LogP contribution in [0.4, 0.5) is 5.82 Å². The summed E-state index contributed by atoms with van der Waals surface area (Å²) in [7, 11) is 0. The zero-order chi connectivity index (χ0) is 12.4. The first-order valence-electron chi connectivity index (χ1n) is 5.72. The van der Waals surface area contributed by atoms with Crippen LogP contribution in [0.25, 0.3) is 0 Å². The monoisotopic (exact) mass is 234 g/mol. The van der Waals surface area contributed by atoms with Crippen molar-refractivity contribution < 1.29 is 0 Å². The zero-order valence-corrected chi connectivity index (χ0v) is 10.5. The minimum absolute atomic E-state index is 0.542. The summed E-state index contributed by atoms with van der Waals surface area (Å²) in [6.07, 6.45) is 3.50. The van der Waals surface area contributed by atoms with Crippen LogP contribution < -0.4 is 5.73 Å². The number of nitrogen functional groups attached to an aromatic ring is 1. The molecular weight excluding hydrogens is 216 g/mol. The normalized spacial score (nSPS) is 11.3. The van der Waals surface area contributed by atoms with Crippen LogP contribution in [0.2, 0.25) is 0 Å². The largest absolute Gasteiger partial charge is 0.382 e. The summed E-state index contributed by atoms with van der Waals surface area (Å²) in [6, 6.07) is 0. The number of nitrogens with two attached hydrogens (primary N) is 1. The van der Waals surface area contributed by atoms with E-state index in [1.165, 1.54) is 0 Å². The van der Waals surface area contributed by atoms with Gasteiger partial charge in [0, 0.05) is 18.3 Å². The van der Waals surface area contributed by atoms with Crippen LogP contribution in [0.3, 0.4) is 0 Å². The summed E-state index contributed by atoms with van der Waals surface area (Å²) >= 11 is 0. The van der Waals surface area contributed by atoms with Gasteiger partial charge in [0.1, 0.15) is 24.5 Å². The van der Waals surface area contributed by atoms with Gasteiger partial charge in [0.05, 0.1) is 0 Å². The number of nitrogens with zero attached hydrogens (tertiary/aromatic N) is 5. The molecule has 0 saturated carbocycles. The van der Waals surface area contributed by atoms with E-state index in [9.17, 15) is 0 Å². The maximum Gasteiger partial charge on any atom is 0.148 e. The molecule has 2 aromatic rings. The first kappa shape index (κ1) is 11.6. The Morgan fingerprint density at radius 3 is 2.76 bits per heavy atom. The van der Waals surface area contributed by atoms with Gasteiger partial charge in [-0.15, -0.1) is 0 Å². The number of aryl methyl sites for hydroxylation is 1. The minimum atomic E-state index is 0.542. The second-order valence-electron chi connectivity index (χ2n) is 4.65. The number of aromatic nitrogens is 5. The number of anilines is 1. The van der Waals surface area contributed by atoms with Gasteiger partial charge in [-0.1, -0.05) is 13.8 Å². The molecule has 0 radical (unpaired) electrons. The van der Waals surface area contributed by atoms with Crippen LogP contribution in [0.5, 0.6) is 0 Å². The molecule has 0 aromatic carbocycles. The summed E-state index contributed by atoms with van der Waals surface area (Å²) < 4.78 is 3.71. The Labute approximate surface area is 100 Å². The fourth-order valence-electron chi connectivity index (χ4n) is 1.67. The standard InChI is InChI=1S/C11H18N6/c1-8(2)4-17-10(13-7-14-17)6-16-5-9(3)11(12)15-16/h5,7-8H,4,6H2,1-3H3,(H2,12,15). The van der Waals surface area contributed by atoms with E-state index >= 15 is 0 Å². The van der Waals surface area contributed by atoms with Crippen molar-refractivity contribution in [3.05, 3.63) is 23.9 Å². The third-order valence-electron chi connectivity index (χ3n) is 2.52. The van der Waals surface area contributed by atoms with Gasteiger partial charge in [-0.25, -0.2) is 9.67 Å². The number of rotatable bonds is 4. The van der Waals surface area contributed by atoms with Crippen LogP contribution in [0.1, 0.15) is 25.2 Å². The lowest BCUT2D eigenvalue weighted by atomic mass is 10.2. The summed E-state index contributed by atoms with van der Waals surface area (Å²) in [5, 5.41) is 8.43. The fourth-order valence-corrected chi connectivity index (χ4v) is 1.67. The lowest BCUT2D eigenvalue weighted by molar-refractivity contribution is 0.456. The average Bonchev–Trinajstić information content (AvgIpc) is 2.76. The first-order valence-corrected chi connectivity index (χ1v) is 5.72. The smallest absolute Gasteiger partial charge is 0.148 e. The van der Waals surface area contributed by atoms with Crippen LogP contribution >= 0.6 is 0 Å². The first-order chi connectivity index (χ1) is 8.06. The molecule has 0 aliphatic rings. The van der Waals surface area contributed by atoms with Crippen molar-refractivity contribution in [3.63, 3.8) is 0 Å². The van der Waals surface area contributed by atoms with Crippen molar-refractivity contribution in [2.24, 2.45) is 5.92 Å². The Morgan fingerprint density at radius 2 is 2.18 bits per heavy atom. The molecular formula is C11H18N6. The maximum atomic E-state index is 5.71. The Hall–Kier alpha value is -1.85. The molecule has 2 heterocycles. The fraction of sp³-hybridized carbons (Fsp3) is 0.545. The molecule has 0 atom stereocenters. The quantitative estimate of drug-likeness (QED) is 0.858. The molecule has 0 saturated heterocycles. The van der Waals surface area contributed by atoms with Gasteiger partial charge in [-0.05, 0) is 12.8 Å². The molecule has 0 bridgehead atoms. The molecule has 0 aliphatic heterocycles. The summed E-state index contributed by atoms with van der Waals surface area (Å²) in [6.45, 7) is 7.72. The van der Waals surface area contributed by atoms with E-state index in [2.05, 4.69) is 29.0 Å². The molecule has 0 aliphatic carbocycles. The topological polar surface area (TPSA) is 74.5 Å². The molecule has 6 nitrogen and oxygen atoms in total. The highest BCUT2D eigenvalue weighted by Gasteiger charge is 2.08. The van der Waals surface area contributed by atoms with E-state index in [0.717, 1.165) is 17.9 Å². The molecule has 2 N–H and O–H groups in total. The molecule has 6 heteroatoms. The van der Waals surface area contributed by atoms with Gasteiger partial charge in [0.15, 0.2) is 0 Å². The van der Waals surface area contributed by atoms with Crippen molar-refractivity contribution in [2.75, 3.05) is 5.73 Å². The summed E-state index contributed by atoms with van der Waals surface area (Å²) in [5.74, 6) is 2.01. The van der Waals surface area contributed by atoms with Crippen molar-refractivity contribution in [1.82, 2.24) is 24.5 Å². The Morgan fingerprint density at radius 1 is 1.41 bits per heavy atom. The van der Waals surface area contributed by atoms with Gasteiger partial charge in [0.25, 0.3) is 0 Å². The third kappa shape index (κ3) is 2.64. The molecule has 0 spiro atoms. The van der Waals surface area contributed by atoms with E-state index in [-0.39, 0.29) is 0 Å². The SMILES string of the molecule is Cc1cn(Cc2ncnn2CC(C)C)nc1N. The molecule has 2 rings (SSSR count). The zero-order valence-electron chi connectivity index (χ0n) is 10.5. The lowest BCUT2D eigenvalue weighted by Crippen LogP contribution is -2.13. The van der Waals surface area contributed by atoms with Gasteiger partial charge < -0.3 is 5.73 Å². The number of hydrogen-bond donors (Lipinski definition) is 1. The summed E-state index contributed by atoms with van der Waals surface area (Å²) in [4.78, 5) is 4.25. The van der Waals surface area contributed by atoms with Gasteiger partial charge in [-0.2, -0.15) is 10.2 Å². The Balaban J connectivity index is 2.15. The molecule has 92 valence electrons. The van der Waals surface area contributed by atoms with Crippen molar-refractivity contribution >= 4 is 5.82 Å². The van der Waals surface area contributed by atoms with Gasteiger partial charge in [-0.3, -0.25) is 4.68 Å².